The van der Waals surface area contributed by atoms with E-state index >= 15 is 0 Å². The number of amides is 1. The third-order valence-electron chi connectivity index (χ3n) is 5.14. The summed E-state index contributed by atoms with van der Waals surface area (Å²) in [5, 5.41) is 6.88. The number of carbonyl (C=O) groups excluding carboxylic acids is 1. The van der Waals surface area contributed by atoms with Crippen molar-refractivity contribution in [3.05, 3.63) is 34.0 Å². The summed E-state index contributed by atoms with van der Waals surface area (Å²) in [6.45, 7) is 4.38. The van der Waals surface area contributed by atoms with Crippen LogP contribution in [-0.4, -0.2) is 56.1 Å². The molecule has 0 saturated carbocycles. The van der Waals surface area contributed by atoms with Gasteiger partial charge in [-0.2, -0.15) is 5.10 Å². The van der Waals surface area contributed by atoms with Crippen LogP contribution in [0.1, 0.15) is 25.0 Å². The molecule has 0 radical (unpaired) electrons. The van der Waals surface area contributed by atoms with Crippen LogP contribution in [0, 0.1) is 5.92 Å². The normalized spacial score (nSPS) is 23.8. The molecule has 2 atom stereocenters. The number of piperidine rings is 1. The van der Waals surface area contributed by atoms with Gasteiger partial charge in [-0.15, -0.1) is 11.3 Å². The highest BCUT2D eigenvalue weighted by Gasteiger charge is 2.36. The fraction of sp³-hybridized carbons (Fsp3) is 0.588. The summed E-state index contributed by atoms with van der Waals surface area (Å²) in [7, 11) is 0. The number of rotatable bonds is 5. The van der Waals surface area contributed by atoms with Crippen molar-refractivity contribution in [2.24, 2.45) is 5.92 Å². The van der Waals surface area contributed by atoms with E-state index in [-0.39, 0.29) is 5.91 Å². The highest BCUT2D eigenvalue weighted by molar-refractivity contribution is 7.07. The molecule has 1 amide bonds. The molecule has 0 aromatic carbocycles. The molecular formula is C17H22ClN5OS. The molecule has 5 rings (SSSR count). The predicted molar refractivity (Wildman–Crippen MR) is 97.5 cm³/mol. The van der Waals surface area contributed by atoms with Gasteiger partial charge in [-0.25, -0.2) is 4.98 Å². The Labute approximate surface area is 156 Å². The van der Waals surface area contributed by atoms with Crippen molar-refractivity contribution in [2.75, 3.05) is 19.6 Å². The van der Waals surface area contributed by atoms with E-state index in [4.69, 9.17) is 11.6 Å². The molecule has 0 spiro atoms. The first-order valence-electron chi connectivity index (χ1n) is 8.74. The third-order valence-corrected chi connectivity index (χ3v) is 5.97. The van der Waals surface area contributed by atoms with Crippen LogP contribution in [0.4, 0.5) is 0 Å². The molecule has 2 aromatic heterocycles. The van der Waals surface area contributed by atoms with Crippen molar-refractivity contribution < 1.29 is 4.79 Å². The average Bonchev–Trinajstić information content (AvgIpc) is 3.17. The van der Waals surface area contributed by atoms with Crippen molar-refractivity contribution in [3.63, 3.8) is 0 Å². The fourth-order valence-electron chi connectivity index (χ4n) is 3.97. The molecule has 3 aliphatic heterocycles. The van der Waals surface area contributed by atoms with Crippen LogP contribution < -0.4 is 0 Å². The van der Waals surface area contributed by atoms with Gasteiger partial charge in [0.05, 0.1) is 22.4 Å². The molecule has 3 aliphatic rings. The maximum Gasteiger partial charge on any atom is 0.224 e. The minimum atomic E-state index is 0.233. The maximum atomic E-state index is 12.8. The Kier molecular flexibility index (Phi) is 5.05. The lowest BCUT2D eigenvalue weighted by molar-refractivity contribution is -0.135. The van der Waals surface area contributed by atoms with Gasteiger partial charge in [-0.3, -0.25) is 14.4 Å². The molecule has 3 fully saturated rings. The number of nitrogens with zero attached hydrogens (tertiary/aromatic N) is 5. The Morgan fingerprint density at radius 2 is 2.24 bits per heavy atom. The van der Waals surface area contributed by atoms with Gasteiger partial charge in [0.15, 0.2) is 0 Å². The summed E-state index contributed by atoms with van der Waals surface area (Å²) in [6.07, 6.45) is 6.18. The van der Waals surface area contributed by atoms with Crippen LogP contribution in [0.25, 0.3) is 0 Å². The van der Waals surface area contributed by atoms with E-state index in [9.17, 15) is 4.79 Å². The largest absolute Gasteiger partial charge is 0.338 e. The molecule has 2 aromatic rings. The Hall–Kier alpha value is -1.44. The van der Waals surface area contributed by atoms with Crippen molar-refractivity contribution in [3.8, 4) is 0 Å². The number of carbonyl (C=O) groups is 1. The third kappa shape index (κ3) is 4.04. The minimum Gasteiger partial charge on any atom is -0.338 e. The van der Waals surface area contributed by atoms with Gasteiger partial charge in [0.1, 0.15) is 0 Å². The Bertz CT molecular complexity index is 718. The molecule has 3 saturated heterocycles. The average molecular weight is 380 g/mol. The van der Waals surface area contributed by atoms with Gasteiger partial charge < -0.3 is 4.90 Å². The quantitative estimate of drug-likeness (QED) is 0.801. The number of fused-ring (bicyclic) bond motifs is 4. The lowest BCUT2D eigenvalue weighted by Gasteiger charge is -2.36. The Balaban J connectivity index is 1.37. The first kappa shape index (κ1) is 17.0. The molecule has 0 N–H and O–H groups in total. The van der Waals surface area contributed by atoms with Crippen LogP contribution in [0.5, 0.6) is 0 Å². The highest BCUT2D eigenvalue weighted by Crippen LogP contribution is 2.29. The summed E-state index contributed by atoms with van der Waals surface area (Å²) in [5.41, 5.74) is 3.03. The second kappa shape index (κ2) is 7.43. The van der Waals surface area contributed by atoms with E-state index in [1.165, 1.54) is 6.42 Å². The molecule has 25 heavy (non-hydrogen) atoms. The summed E-state index contributed by atoms with van der Waals surface area (Å²) in [6, 6.07) is 0.325. The number of hydrogen-bond acceptors (Lipinski definition) is 5. The molecule has 6 nitrogen and oxygen atoms in total. The predicted octanol–water partition coefficient (Wildman–Crippen LogP) is 2.51. The second-order valence-corrected chi connectivity index (χ2v) is 8.14. The van der Waals surface area contributed by atoms with Gasteiger partial charge in [0, 0.05) is 56.8 Å². The Morgan fingerprint density at radius 1 is 1.32 bits per heavy atom. The number of aryl methyl sites for hydroxylation is 1. The number of thiazole rings is 1. The van der Waals surface area contributed by atoms with E-state index < -0.39 is 0 Å². The van der Waals surface area contributed by atoms with Crippen LogP contribution in [0.3, 0.4) is 0 Å². The molecule has 0 aliphatic carbocycles. The lowest BCUT2D eigenvalue weighted by Crippen LogP contribution is -2.47. The van der Waals surface area contributed by atoms with Gasteiger partial charge in [0.2, 0.25) is 5.91 Å². The van der Waals surface area contributed by atoms with E-state index in [0.717, 1.165) is 38.3 Å². The van der Waals surface area contributed by atoms with Crippen molar-refractivity contribution >= 4 is 28.8 Å². The number of halogens is 1. The van der Waals surface area contributed by atoms with E-state index in [1.54, 1.807) is 28.4 Å². The second-order valence-electron chi connectivity index (χ2n) is 6.99. The topological polar surface area (TPSA) is 54.3 Å². The zero-order valence-electron chi connectivity index (χ0n) is 14.1. The van der Waals surface area contributed by atoms with Crippen LogP contribution in [0.2, 0.25) is 5.02 Å². The standard InChI is InChI=1S/C17H22ClN5OS/c18-14-5-20-22(8-14)4-3-17(24)23-7-13-1-2-16(23)10-21(6-13)9-15-11-25-12-19-15/h5,8,11-13,16H,1-4,6-7,9-10H2/t13-,16+/m1/s1. The summed E-state index contributed by atoms with van der Waals surface area (Å²) >= 11 is 7.53. The summed E-state index contributed by atoms with van der Waals surface area (Å²) in [5.74, 6) is 0.803. The van der Waals surface area contributed by atoms with Crippen molar-refractivity contribution in [2.45, 2.75) is 38.4 Å². The molecule has 8 heteroatoms. The Morgan fingerprint density at radius 3 is 3.00 bits per heavy atom. The van der Waals surface area contributed by atoms with E-state index in [1.807, 2.05) is 5.51 Å². The van der Waals surface area contributed by atoms with Gasteiger partial charge >= 0.3 is 0 Å². The number of aromatic nitrogens is 3. The SMILES string of the molecule is O=C(CCn1cc(Cl)cn1)N1C[C@@H]2CC[C@H]1CN(Cc1cscn1)C2. The molecular weight excluding hydrogens is 358 g/mol. The molecule has 0 unspecified atom stereocenters. The molecule has 5 heterocycles. The first-order chi connectivity index (χ1) is 12.2. The summed E-state index contributed by atoms with van der Waals surface area (Å²) in [4.78, 5) is 21.8. The highest BCUT2D eigenvalue weighted by atomic mass is 35.5. The van der Waals surface area contributed by atoms with Crippen LogP contribution in [-0.2, 0) is 17.9 Å². The monoisotopic (exact) mass is 379 g/mol. The van der Waals surface area contributed by atoms with E-state index in [0.29, 0.717) is 29.9 Å². The van der Waals surface area contributed by atoms with Gasteiger partial charge in [-0.1, -0.05) is 11.6 Å². The van der Waals surface area contributed by atoms with Crippen LogP contribution in [0.15, 0.2) is 23.3 Å². The van der Waals surface area contributed by atoms with Crippen molar-refractivity contribution in [1.29, 1.82) is 0 Å². The van der Waals surface area contributed by atoms with Crippen LogP contribution >= 0.6 is 22.9 Å². The van der Waals surface area contributed by atoms with E-state index in [2.05, 4.69) is 25.3 Å². The first-order valence-corrected chi connectivity index (χ1v) is 10.1. The van der Waals surface area contributed by atoms with Gasteiger partial charge in [0.25, 0.3) is 0 Å². The zero-order chi connectivity index (χ0) is 17.2. The number of hydrogen-bond donors (Lipinski definition) is 0. The lowest BCUT2D eigenvalue weighted by atomic mass is 9.94. The smallest absolute Gasteiger partial charge is 0.224 e. The summed E-state index contributed by atoms with van der Waals surface area (Å²) < 4.78 is 1.74. The van der Waals surface area contributed by atoms with Gasteiger partial charge in [-0.05, 0) is 18.8 Å². The molecule has 2 bridgehead atoms. The van der Waals surface area contributed by atoms with Crippen molar-refractivity contribution in [1.82, 2.24) is 24.6 Å². The fourth-order valence-corrected chi connectivity index (χ4v) is 4.68. The zero-order valence-corrected chi connectivity index (χ0v) is 15.6. The maximum absolute atomic E-state index is 12.8. The molecule has 134 valence electrons. The minimum absolute atomic E-state index is 0.233.